The van der Waals surface area contributed by atoms with Gasteiger partial charge in [0.15, 0.2) is 5.78 Å². The van der Waals surface area contributed by atoms with E-state index in [2.05, 4.69) is 5.32 Å². The predicted molar refractivity (Wildman–Crippen MR) is 78.8 cm³/mol. The molecule has 20 heavy (non-hydrogen) atoms. The van der Waals surface area contributed by atoms with Gasteiger partial charge in [-0.1, -0.05) is 54.1 Å². The molecule has 3 rings (SSSR count). The number of hydrogen-bond donors (Lipinski definition) is 1. The minimum Gasteiger partial charge on any atom is -0.320 e. The van der Waals surface area contributed by atoms with E-state index in [0.29, 0.717) is 27.4 Å². The zero-order valence-electron chi connectivity index (χ0n) is 10.4. The summed E-state index contributed by atoms with van der Waals surface area (Å²) >= 11 is 6.03. The van der Waals surface area contributed by atoms with Crippen LogP contribution in [0.15, 0.2) is 54.6 Å². The molecule has 0 atom stereocenters. The van der Waals surface area contributed by atoms with Crippen molar-refractivity contribution in [2.45, 2.75) is 0 Å². The molecule has 4 heteroatoms. The van der Waals surface area contributed by atoms with Crippen LogP contribution in [-0.2, 0) is 4.79 Å². The van der Waals surface area contributed by atoms with Crippen molar-refractivity contribution in [2.24, 2.45) is 0 Å². The molecule has 3 nitrogen and oxygen atoms in total. The molecule has 0 saturated carbocycles. The Labute approximate surface area is 120 Å². The third kappa shape index (κ3) is 2.12. The van der Waals surface area contributed by atoms with Crippen LogP contribution in [0, 0.1) is 0 Å². The highest BCUT2D eigenvalue weighted by atomic mass is 35.5. The number of rotatable bonds is 2. The van der Waals surface area contributed by atoms with Crippen molar-refractivity contribution in [3.63, 3.8) is 0 Å². The Hall–Kier alpha value is -2.39. The van der Waals surface area contributed by atoms with Crippen molar-refractivity contribution in [1.29, 1.82) is 0 Å². The number of ketones is 1. The Kier molecular flexibility index (Phi) is 3.12. The third-order valence-corrected chi connectivity index (χ3v) is 3.44. The average molecular weight is 284 g/mol. The number of anilines is 1. The molecule has 1 aliphatic rings. The second-order valence-electron chi connectivity index (χ2n) is 4.40. The van der Waals surface area contributed by atoms with Gasteiger partial charge in [0.2, 0.25) is 0 Å². The van der Waals surface area contributed by atoms with Crippen molar-refractivity contribution in [3.8, 4) is 0 Å². The molecule has 1 heterocycles. The SMILES string of the molecule is O=C1Nc2c(Cl)cccc2/C1=C/C(=O)c1ccccc1. The standard InChI is InChI=1S/C16H10ClNO2/c17-13-8-4-7-11-12(16(20)18-15(11)13)9-14(19)10-5-2-1-3-6-10/h1-9H,(H,18,20)/b12-9-. The van der Waals surface area contributed by atoms with Crippen LogP contribution in [0.5, 0.6) is 0 Å². The topological polar surface area (TPSA) is 46.2 Å². The van der Waals surface area contributed by atoms with Crippen LogP contribution < -0.4 is 5.32 Å². The van der Waals surface area contributed by atoms with Crippen molar-refractivity contribution < 1.29 is 9.59 Å². The maximum atomic E-state index is 12.2. The molecule has 1 N–H and O–H groups in total. The van der Waals surface area contributed by atoms with Gasteiger partial charge in [-0.15, -0.1) is 0 Å². The van der Waals surface area contributed by atoms with Gasteiger partial charge in [0.1, 0.15) is 0 Å². The second kappa shape index (κ2) is 4.94. The molecule has 0 radical (unpaired) electrons. The lowest BCUT2D eigenvalue weighted by Gasteiger charge is -2.00. The van der Waals surface area contributed by atoms with Gasteiger partial charge in [0, 0.05) is 11.1 Å². The van der Waals surface area contributed by atoms with Crippen molar-refractivity contribution in [2.75, 3.05) is 5.32 Å². The lowest BCUT2D eigenvalue weighted by atomic mass is 10.0. The number of carbonyl (C=O) groups excluding carboxylic acids is 2. The molecule has 1 amide bonds. The molecule has 0 spiro atoms. The number of nitrogens with one attached hydrogen (secondary N) is 1. The monoisotopic (exact) mass is 283 g/mol. The molecule has 1 aliphatic heterocycles. The normalized spacial score (nSPS) is 15.1. The zero-order chi connectivity index (χ0) is 14.1. The third-order valence-electron chi connectivity index (χ3n) is 3.12. The maximum absolute atomic E-state index is 12.2. The maximum Gasteiger partial charge on any atom is 0.256 e. The number of para-hydroxylation sites is 1. The van der Waals surface area contributed by atoms with Gasteiger partial charge in [-0.25, -0.2) is 0 Å². The summed E-state index contributed by atoms with van der Waals surface area (Å²) in [5.74, 6) is -0.513. The van der Waals surface area contributed by atoms with Gasteiger partial charge in [-0.2, -0.15) is 0 Å². The van der Waals surface area contributed by atoms with Gasteiger partial charge in [-0.3, -0.25) is 9.59 Å². The molecule has 0 unspecified atom stereocenters. The summed E-state index contributed by atoms with van der Waals surface area (Å²) in [6, 6.07) is 14.0. The van der Waals surface area contributed by atoms with Crippen LogP contribution in [0.25, 0.3) is 5.57 Å². The number of halogens is 1. The second-order valence-corrected chi connectivity index (χ2v) is 4.81. The van der Waals surface area contributed by atoms with Crippen LogP contribution in [0.2, 0.25) is 5.02 Å². The quantitative estimate of drug-likeness (QED) is 0.677. The first-order valence-corrected chi connectivity index (χ1v) is 6.46. The van der Waals surface area contributed by atoms with Crippen LogP contribution in [0.4, 0.5) is 5.69 Å². The predicted octanol–water partition coefficient (Wildman–Crippen LogP) is 3.56. The Morgan fingerprint density at radius 2 is 1.80 bits per heavy atom. The fourth-order valence-corrected chi connectivity index (χ4v) is 2.36. The number of allylic oxidation sites excluding steroid dienone is 1. The lowest BCUT2D eigenvalue weighted by molar-refractivity contribution is -0.110. The summed E-state index contributed by atoms with van der Waals surface area (Å²) in [4.78, 5) is 24.1. The van der Waals surface area contributed by atoms with Crippen LogP contribution in [-0.4, -0.2) is 11.7 Å². The van der Waals surface area contributed by atoms with E-state index in [1.54, 1.807) is 42.5 Å². The molecule has 0 aliphatic carbocycles. The van der Waals surface area contributed by atoms with Crippen LogP contribution in [0.3, 0.4) is 0 Å². The number of carbonyl (C=O) groups is 2. The minimum absolute atomic E-state index is 0.205. The molecule has 98 valence electrons. The zero-order valence-corrected chi connectivity index (χ0v) is 11.1. The Balaban J connectivity index is 2.04. The molecular weight excluding hydrogens is 274 g/mol. The molecular formula is C16H10ClNO2. The molecule has 0 saturated heterocycles. The van der Waals surface area contributed by atoms with Crippen molar-refractivity contribution in [1.82, 2.24) is 0 Å². The first kappa shape index (κ1) is 12.6. The summed E-state index contributed by atoms with van der Waals surface area (Å²) < 4.78 is 0. The van der Waals surface area contributed by atoms with E-state index in [1.807, 2.05) is 6.07 Å². The van der Waals surface area contributed by atoms with Crippen molar-refractivity contribution in [3.05, 3.63) is 70.8 Å². The van der Waals surface area contributed by atoms with E-state index in [0.717, 1.165) is 0 Å². The first-order valence-electron chi connectivity index (χ1n) is 6.08. The Morgan fingerprint density at radius 1 is 1.05 bits per heavy atom. The van der Waals surface area contributed by atoms with E-state index in [9.17, 15) is 9.59 Å². The largest absolute Gasteiger partial charge is 0.320 e. The van der Waals surface area contributed by atoms with Gasteiger partial charge in [0.05, 0.1) is 16.3 Å². The van der Waals surface area contributed by atoms with Crippen LogP contribution in [0.1, 0.15) is 15.9 Å². The number of fused-ring (bicyclic) bond motifs is 1. The highest BCUT2D eigenvalue weighted by Crippen LogP contribution is 2.37. The van der Waals surface area contributed by atoms with E-state index < -0.39 is 0 Å². The van der Waals surface area contributed by atoms with Gasteiger partial charge >= 0.3 is 0 Å². The Bertz CT molecular complexity index is 735. The van der Waals surface area contributed by atoms with E-state index >= 15 is 0 Å². The van der Waals surface area contributed by atoms with E-state index in [-0.39, 0.29) is 11.7 Å². The van der Waals surface area contributed by atoms with Crippen LogP contribution >= 0.6 is 11.6 Å². The smallest absolute Gasteiger partial charge is 0.256 e. The highest BCUT2D eigenvalue weighted by molar-refractivity contribution is 6.40. The lowest BCUT2D eigenvalue weighted by Crippen LogP contribution is -2.06. The summed E-state index contributed by atoms with van der Waals surface area (Å²) in [5, 5.41) is 3.15. The summed E-state index contributed by atoms with van der Waals surface area (Å²) in [7, 11) is 0. The Morgan fingerprint density at radius 3 is 2.55 bits per heavy atom. The van der Waals surface area contributed by atoms with Gasteiger partial charge in [-0.05, 0) is 12.1 Å². The first-order chi connectivity index (χ1) is 9.66. The number of hydrogen-bond acceptors (Lipinski definition) is 2. The molecule has 2 aromatic carbocycles. The van der Waals surface area contributed by atoms with E-state index in [4.69, 9.17) is 11.6 Å². The summed E-state index contributed by atoms with van der Waals surface area (Å²) in [6.45, 7) is 0. The molecule has 0 aromatic heterocycles. The van der Waals surface area contributed by atoms with Crippen molar-refractivity contribution >= 4 is 34.6 Å². The number of benzene rings is 2. The fraction of sp³-hybridized carbons (Fsp3) is 0. The fourth-order valence-electron chi connectivity index (χ4n) is 2.14. The highest BCUT2D eigenvalue weighted by Gasteiger charge is 2.26. The number of amides is 1. The minimum atomic E-state index is -0.308. The van der Waals surface area contributed by atoms with Gasteiger partial charge < -0.3 is 5.32 Å². The summed E-state index contributed by atoms with van der Waals surface area (Å²) in [6.07, 6.45) is 1.35. The molecule has 0 fully saturated rings. The average Bonchev–Trinajstić information content (AvgIpc) is 2.78. The van der Waals surface area contributed by atoms with E-state index in [1.165, 1.54) is 6.08 Å². The van der Waals surface area contributed by atoms with Gasteiger partial charge in [0.25, 0.3) is 5.91 Å². The molecule has 0 bridgehead atoms. The molecule has 2 aromatic rings. The summed E-state index contributed by atoms with van der Waals surface area (Å²) in [5.41, 5.74) is 2.11.